The number of hydrogen-bond acceptors (Lipinski definition) is 5. The average molecular weight is 256 g/mol. The summed E-state index contributed by atoms with van der Waals surface area (Å²) < 4.78 is 6.60. The van der Waals surface area contributed by atoms with Crippen LogP contribution in [0.15, 0.2) is 47.5 Å². The molecule has 0 saturated heterocycles. The van der Waals surface area contributed by atoms with Crippen molar-refractivity contribution in [3.8, 4) is 17.0 Å². The first-order valence-electron chi connectivity index (χ1n) is 5.39. The van der Waals surface area contributed by atoms with E-state index >= 15 is 0 Å². The van der Waals surface area contributed by atoms with Gasteiger partial charge in [0.25, 0.3) is 0 Å². The van der Waals surface area contributed by atoms with E-state index in [0.29, 0.717) is 11.3 Å². The Morgan fingerprint density at radius 3 is 2.89 bits per heavy atom. The molecule has 0 amide bonds. The lowest BCUT2D eigenvalue weighted by molar-refractivity contribution is 0.0686. The lowest BCUT2D eigenvalue weighted by Crippen LogP contribution is -1.95. The van der Waals surface area contributed by atoms with Crippen LogP contribution in [0.4, 0.5) is 0 Å². The van der Waals surface area contributed by atoms with Crippen LogP contribution >= 0.6 is 0 Å². The van der Waals surface area contributed by atoms with Crippen molar-refractivity contribution in [3.05, 3.63) is 48.7 Å². The third-order valence-corrected chi connectivity index (χ3v) is 2.54. The molecule has 0 unspecified atom stereocenters. The molecule has 2 heterocycles. The van der Waals surface area contributed by atoms with E-state index in [9.17, 15) is 4.79 Å². The fourth-order valence-electron chi connectivity index (χ4n) is 1.66. The van der Waals surface area contributed by atoms with Crippen LogP contribution in [-0.2, 0) is 0 Å². The van der Waals surface area contributed by atoms with Crippen LogP contribution in [0.1, 0.15) is 10.5 Å². The summed E-state index contributed by atoms with van der Waals surface area (Å²) >= 11 is 0. The zero-order chi connectivity index (χ0) is 13.2. The topological polar surface area (TPSA) is 94.0 Å². The molecule has 0 spiro atoms. The summed E-state index contributed by atoms with van der Waals surface area (Å²) in [6.45, 7) is 0. The number of nitrogens with zero attached hydrogens (tertiary/aromatic N) is 4. The molecule has 3 rings (SSSR count). The first kappa shape index (κ1) is 11.1. The Balaban J connectivity index is 2.01. The van der Waals surface area contributed by atoms with Crippen LogP contribution in [0, 0.1) is 0 Å². The summed E-state index contributed by atoms with van der Waals surface area (Å²) in [4.78, 5) is 14.6. The smallest absolute Gasteiger partial charge is 0.358 e. The van der Waals surface area contributed by atoms with Crippen molar-refractivity contribution < 1.29 is 14.4 Å². The van der Waals surface area contributed by atoms with Crippen molar-refractivity contribution in [2.75, 3.05) is 0 Å². The van der Waals surface area contributed by atoms with Crippen LogP contribution in [0.2, 0.25) is 0 Å². The van der Waals surface area contributed by atoms with Gasteiger partial charge in [-0.05, 0) is 12.1 Å². The first-order chi connectivity index (χ1) is 9.24. The first-order valence-corrected chi connectivity index (χ1v) is 5.39. The standard InChI is InChI=1S/C12H8N4O3/c17-12(18)10-5-11(19-15-10)8-2-1-3-9(4-8)16-7-13-6-14-16/h1-7H,(H,17,18). The molecule has 19 heavy (non-hydrogen) atoms. The van der Waals surface area contributed by atoms with Crippen molar-refractivity contribution in [2.24, 2.45) is 0 Å². The van der Waals surface area contributed by atoms with E-state index < -0.39 is 5.97 Å². The predicted molar refractivity (Wildman–Crippen MR) is 63.8 cm³/mol. The summed E-state index contributed by atoms with van der Waals surface area (Å²) in [5.41, 5.74) is 1.39. The fourth-order valence-corrected chi connectivity index (χ4v) is 1.66. The molecule has 7 heteroatoms. The molecule has 0 radical (unpaired) electrons. The van der Waals surface area contributed by atoms with Crippen LogP contribution in [0.25, 0.3) is 17.0 Å². The number of carbonyl (C=O) groups is 1. The van der Waals surface area contributed by atoms with Gasteiger partial charge in [0.1, 0.15) is 12.7 Å². The predicted octanol–water partition coefficient (Wildman–Crippen LogP) is 1.62. The summed E-state index contributed by atoms with van der Waals surface area (Å²) in [5, 5.41) is 16.3. The van der Waals surface area contributed by atoms with E-state index in [4.69, 9.17) is 9.63 Å². The lowest BCUT2D eigenvalue weighted by atomic mass is 10.1. The molecule has 3 aromatic rings. The maximum absolute atomic E-state index is 10.8. The molecule has 0 aliphatic heterocycles. The van der Waals surface area contributed by atoms with Gasteiger partial charge in [-0.25, -0.2) is 14.5 Å². The van der Waals surface area contributed by atoms with Gasteiger partial charge < -0.3 is 9.63 Å². The maximum atomic E-state index is 10.8. The Morgan fingerprint density at radius 1 is 1.32 bits per heavy atom. The van der Waals surface area contributed by atoms with E-state index in [1.54, 1.807) is 23.1 Å². The molecule has 0 fully saturated rings. The van der Waals surface area contributed by atoms with Crippen molar-refractivity contribution in [1.29, 1.82) is 0 Å². The average Bonchev–Trinajstić information content (AvgIpc) is 3.10. The number of aromatic nitrogens is 4. The number of benzene rings is 1. The highest BCUT2D eigenvalue weighted by atomic mass is 16.5. The SMILES string of the molecule is O=C(O)c1cc(-c2cccc(-n3cncn3)c2)on1. The second-order valence-corrected chi connectivity index (χ2v) is 3.77. The Bertz CT molecular complexity index is 718. The second-order valence-electron chi connectivity index (χ2n) is 3.77. The fraction of sp³-hybridized carbons (Fsp3) is 0. The van der Waals surface area contributed by atoms with Gasteiger partial charge in [0.05, 0.1) is 5.69 Å². The highest BCUT2D eigenvalue weighted by molar-refractivity contribution is 5.86. The highest BCUT2D eigenvalue weighted by Gasteiger charge is 2.12. The van der Waals surface area contributed by atoms with Crippen LogP contribution in [0.3, 0.4) is 0 Å². The summed E-state index contributed by atoms with van der Waals surface area (Å²) in [5.74, 6) is -0.734. The van der Waals surface area contributed by atoms with Crippen molar-refractivity contribution in [3.63, 3.8) is 0 Å². The number of carboxylic acids is 1. The van der Waals surface area contributed by atoms with Crippen molar-refractivity contribution in [2.45, 2.75) is 0 Å². The van der Waals surface area contributed by atoms with E-state index in [1.165, 1.54) is 12.4 Å². The minimum Gasteiger partial charge on any atom is -0.476 e. The number of rotatable bonds is 3. The molecule has 0 atom stereocenters. The monoisotopic (exact) mass is 256 g/mol. The van der Waals surface area contributed by atoms with E-state index in [2.05, 4.69) is 15.2 Å². The van der Waals surface area contributed by atoms with Gasteiger partial charge in [-0.1, -0.05) is 17.3 Å². The minimum atomic E-state index is -1.12. The van der Waals surface area contributed by atoms with Crippen molar-refractivity contribution >= 4 is 5.97 Å². The van der Waals surface area contributed by atoms with Gasteiger partial charge in [0.2, 0.25) is 0 Å². The molecule has 2 aromatic heterocycles. The molecule has 0 bridgehead atoms. The van der Waals surface area contributed by atoms with Crippen LogP contribution in [-0.4, -0.2) is 31.0 Å². The Labute approximate surface area is 107 Å². The summed E-state index contributed by atoms with van der Waals surface area (Å²) in [7, 11) is 0. The molecule has 0 aliphatic carbocycles. The zero-order valence-corrected chi connectivity index (χ0v) is 9.59. The summed E-state index contributed by atoms with van der Waals surface area (Å²) in [6.07, 6.45) is 3.01. The molecule has 7 nitrogen and oxygen atoms in total. The van der Waals surface area contributed by atoms with Gasteiger partial charge in [0, 0.05) is 11.6 Å². The van der Waals surface area contributed by atoms with Crippen molar-refractivity contribution in [1.82, 2.24) is 19.9 Å². The number of hydrogen-bond donors (Lipinski definition) is 1. The van der Waals surface area contributed by atoms with Gasteiger partial charge in [-0.2, -0.15) is 5.10 Å². The van der Waals surface area contributed by atoms with Crippen LogP contribution in [0.5, 0.6) is 0 Å². The third kappa shape index (κ3) is 2.08. The molecular formula is C12H8N4O3. The molecule has 94 valence electrons. The minimum absolute atomic E-state index is 0.124. The molecule has 0 aliphatic rings. The van der Waals surface area contributed by atoms with E-state index in [0.717, 1.165) is 5.69 Å². The van der Waals surface area contributed by atoms with E-state index in [1.807, 2.05) is 12.1 Å². The second kappa shape index (κ2) is 4.37. The maximum Gasteiger partial charge on any atom is 0.358 e. The quantitative estimate of drug-likeness (QED) is 0.765. The molecule has 1 aromatic carbocycles. The van der Waals surface area contributed by atoms with Gasteiger partial charge in [-0.3, -0.25) is 0 Å². The molecule has 0 saturated carbocycles. The summed E-state index contributed by atoms with van der Waals surface area (Å²) in [6, 6.07) is 8.65. The van der Waals surface area contributed by atoms with Crippen LogP contribution < -0.4 is 0 Å². The largest absolute Gasteiger partial charge is 0.476 e. The zero-order valence-electron chi connectivity index (χ0n) is 9.59. The van der Waals surface area contributed by atoms with E-state index in [-0.39, 0.29) is 5.69 Å². The number of carboxylic acid groups (broad SMARTS) is 1. The Kier molecular flexibility index (Phi) is 2.57. The van der Waals surface area contributed by atoms with Gasteiger partial charge >= 0.3 is 5.97 Å². The molecule has 1 N–H and O–H groups in total. The van der Waals surface area contributed by atoms with Gasteiger partial charge in [-0.15, -0.1) is 0 Å². The Hall–Kier alpha value is -2.96. The number of aromatic carboxylic acids is 1. The Morgan fingerprint density at radius 2 is 2.21 bits per heavy atom. The third-order valence-electron chi connectivity index (χ3n) is 2.54. The highest BCUT2D eigenvalue weighted by Crippen LogP contribution is 2.22. The normalized spacial score (nSPS) is 10.5. The molecular weight excluding hydrogens is 248 g/mol. The van der Waals surface area contributed by atoms with Gasteiger partial charge in [0.15, 0.2) is 11.5 Å². The lowest BCUT2D eigenvalue weighted by Gasteiger charge is -2.01.